The van der Waals surface area contributed by atoms with E-state index in [-0.39, 0.29) is 6.04 Å². The van der Waals surface area contributed by atoms with Crippen molar-refractivity contribution < 1.29 is 0 Å². The zero-order chi connectivity index (χ0) is 12.5. The first-order valence-electron chi connectivity index (χ1n) is 5.49. The Morgan fingerprint density at radius 1 is 1.39 bits per heavy atom. The maximum atomic E-state index is 6.01. The zero-order valence-electron chi connectivity index (χ0n) is 9.45. The van der Waals surface area contributed by atoms with E-state index in [0.29, 0.717) is 12.5 Å². The molecule has 1 aromatic carbocycles. The van der Waals surface area contributed by atoms with Crippen LogP contribution in [0.15, 0.2) is 44.6 Å². The highest BCUT2D eigenvalue weighted by Gasteiger charge is 2.31. The molecule has 3 rings (SSSR count). The number of aliphatic imine (C=N–C) groups is 1. The Kier molecular flexibility index (Phi) is 3.05. The monoisotopic (exact) mass is 322 g/mol. The molecule has 6 heteroatoms. The van der Waals surface area contributed by atoms with Crippen LogP contribution in [-0.4, -0.2) is 17.5 Å². The van der Waals surface area contributed by atoms with E-state index in [1.54, 1.807) is 11.3 Å². The lowest BCUT2D eigenvalue weighted by atomic mass is 10.2. The van der Waals surface area contributed by atoms with Gasteiger partial charge in [-0.15, -0.1) is 11.3 Å². The second-order valence-corrected chi connectivity index (χ2v) is 5.52. The fourth-order valence-corrected chi connectivity index (χ4v) is 3.12. The first-order chi connectivity index (χ1) is 8.77. The van der Waals surface area contributed by atoms with Crippen LogP contribution in [0, 0.1) is 0 Å². The molecule has 1 aromatic heterocycles. The summed E-state index contributed by atoms with van der Waals surface area (Å²) in [6, 6.07) is 8.09. The topological polar surface area (TPSA) is 54.5 Å². The van der Waals surface area contributed by atoms with Crippen LogP contribution in [0.25, 0.3) is 0 Å². The van der Waals surface area contributed by atoms with Crippen molar-refractivity contribution in [1.29, 1.82) is 0 Å². The molecule has 18 heavy (non-hydrogen) atoms. The Morgan fingerprint density at radius 2 is 2.22 bits per heavy atom. The van der Waals surface area contributed by atoms with E-state index in [4.69, 9.17) is 5.73 Å². The quantitative estimate of drug-likeness (QED) is 0.925. The summed E-state index contributed by atoms with van der Waals surface area (Å²) in [7, 11) is 0. The third-order valence-corrected chi connectivity index (χ3v) is 4.16. The molecule has 92 valence electrons. The molecule has 4 nitrogen and oxygen atoms in total. The van der Waals surface area contributed by atoms with Crippen molar-refractivity contribution in [3.8, 4) is 0 Å². The van der Waals surface area contributed by atoms with Crippen LogP contribution in [-0.2, 0) is 0 Å². The van der Waals surface area contributed by atoms with Gasteiger partial charge in [0.2, 0.25) is 0 Å². The summed E-state index contributed by atoms with van der Waals surface area (Å²) in [6.07, 6.45) is 0. The molecular weight excluding hydrogens is 312 g/mol. The van der Waals surface area contributed by atoms with Gasteiger partial charge in [0.1, 0.15) is 0 Å². The van der Waals surface area contributed by atoms with Gasteiger partial charge in [-0.3, -0.25) is 4.99 Å². The molecule has 1 aliphatic heterocycles. The molecule has 0 radical (unpaired) electrons. The molecule has 0 bridgehead atoms. The highest BCUT2D eigenvalue weighted by molar-refractivity contribution is 9.10. The normalized spacial score (nSPS) is 19.1. The van der Waals surface area contributed by atoms with Crippen LogP contribution in [0.5, 0.6) is 0 Å². The van der Waals surface area contributed by atoms with Crippen LogP contribution in [0.4, 0.5) is 5.69 Å². The smallest absolute Gasteiger partial charge is 0.196 e. The predicted molar refractivity (Wildman–Crippen MR) is 78.0 cm³/mol. The van der Waals surface area contributed by atoms with E-state index in [9.17, 15) is 0 Å². The molecule has 1 unspecified atom stereocenters. The summed E-state index contributed by atoms with van der Waals surface area (Å²) in [4.78, 5) is 10.7. The summed E-state index contributed by atoms with van der Waals surface area (Å²) in [5.74, 6) is 0.542. The Labute approximate surface area is 117 Å². The third-order valence-electron chi connectivity index (χ3n) is 2.89. The zero-order valence-corrected chi connectivity index (χ0v) is 11.9. The minimum Gasteiger partial charge on any atom is -0.369 e. The molecule has 2 N–H and O–H groups in total. The molecule has 0 saturated heterocycles. The third kappa shape index (κ3) is 1.91. The number of benzene rings is 1. The Hall–Kier alpha value is -1.40. The van der Waals surface area contributed by atoms with Crippen molar-refractivity contribution in [3.05, 3.63) is 45.3 Å². The van der Waals surface area contributed by atoms with Crippen molar-refractivity contribution in [3.63, 3.8) is 0 Å². The number of halogens is 1. The average molecular weight is 323 g/mol. The fraction of sp³-hybridized carbons (Fsp3) is 0.167. The standard InChI is InChI=1S/C12H11BrN4S/c13-8-3-1-2-4-10(8)17-11(5-15-12(17)14)9-6-18-7-16-9/h1-4,6-7,11H,5H2,(H2,14,15). The maximum Gasteiger partial charge on any atom is 0.196 e. The van der Waals surface area contributed by atoms with Gasteiger partial charge in [-0.05, 0) is 28.1 Å². The van der Waals surface area contributed by atoms with Crippen LogP contribution >= 0.6 is 27.3 Å². The van der Waals surface area contributed by atoms with Gasteiger partial charge in [-0.2, -0.15) is 0 Å². The Bertz CT molecular complexity index is 582. The number of nitrogens with zero attached hydrogens (tertiary/aromatic N) is 3. The first kappa shape index (κ1) is 11.7. The second-order valence-electron chi connectivity index (χ2n) is 3.95. The predicted octanol–water partition coefficient (Wildman–Crippen LogP) is 2.78. The number of thiazole rings is 1. The van der Waals surface area contributed by atoms with Gasteiger partial charge < -0.3 is 10.6 Å². The number of hydrogen-bond donors (Lipinski definition) is 1. The molecule has 0 fully saturated rings. The Morgan fingerprint density at radius 3 is 2.94 bits per heavy atom. The van der Waals surface area contributed by atoms with Gasteiger partial charge in [0.25, 0.3) is 0 Å². The maximum absolute atomic E-state index is 6.01. The van der Waals surface area contributed by atoms with E-state index in [1.165, 1.54) is 0 Å². The summed E-state index contributed by atoms with van der Waals surface area (Å²) >= 11 is 5.14. The number of para-hydroxylation sites is 1. The molecule has 1 aliphatic rings. The fourth-order valence-electron chi connectivity index (χ4n) is 2.05. The van der Waals surface area contributed by atoms with E-state index in [0.717, 1.165) is 15.9 Å². The average Bonchev–Trinajstić information content (AvgIpc) is 2.99. The van der Waals surface area contributed by atoms with Crippen LogP contribution in [0.1, 0.15) is 11.7 Å². The van der Waals surface area contributed by atoms with E-state index >= 15 is 0 Å². The largest absolute Gasteiger partial charge is 0.369 e. The molecule has 1 atom stereocenters. The highest BCUT2D eigenvalue weighted by Crippen LogP contribution is 2.35. The van der Waals surface area contributed by atoms with E-state index < -0.39 is 0 Å². The van der Waals surface area contributed by atoms with E-state index in [1.807, 2.05) is 40.1 Å². The summed E-state index contributed by atoms with van der Waals surface area (Å²) in [5.41, 5.74) is 9.88. The molecule has 0 spiro atoms. The van der Waals surface area contributed by atoms with Gasteiger partial charge in [-0.1, -0.05) is 12.1 Å². The van der Waals surface area contributed by atoms with Crippen molar-refractivity contribution in [2.45, 2.75) is 6.04 Å². The number of guanidine groups is 1. The van der Waals surface area contributed by atoms with Gasteiger partial charge in [0, 0.05) is 9.85 Å². The number of anilines is 1. The number of rotatable bonds is 2. The minimum absolute atomic E-state index is 0.0925. The molecule has 2 heterocycles. The van der Waals surface area contributed by atoms with Crippen LogP contribution in [0.2, 0.25) is 0 Å². The highest BCUT2D eigenvalue weighted by atomic mass is 79.9. The molecule has 0 amide bonds. The second kappa shape index (κ2) is 4.70. The van der Waals surface area contributed by atoms with Crippen LogP contribution in [0.3, 0.4) is 0 Å². The number of aromatic nitrogens is 1. The van der Waals surface area contributed by atoms with Gasteiger partial charge in [0.05, 0.1) is 29.5 Å². The van der Waals surface area contributed by atoms with Gasteiger partial charge >= 0.3 is 0 Å². The molecule has 2 aromatic rings. The molecule has 0 saturated carbocycles. The van der Waals surface area contributed by atoms with E-state index in [2.05, 4.69) is 25.9 Å². The van der Waals surface area contributed by atoms with Crippen LogP contribution < -0.4 is 10.6 Å². The minimum atomic E-state index is 0.0925. The molecule has 0 aliphatic carbocycles. The Balaban J connectivity index is 2.03. The van der Waals surface area contributed by atoms with Gasteiger partial charge in [0.15, 0.2) is 5.96 Å². The number of nitrogens with two attached hydrogens (primary N) is 1. The van der Waals surface area contributed by atoms with Crippen molar-refractivity contribution in [2.75, 3.05) is 11.4 Å². The van der Waals surface area contributed by atoms with Crippen molar-refractivity contribution in [1.82, 2.24) is 4.98 Å². The SMILES string of the molecule is NC1=NCC(c2cscn2)N1c1ccccc1Br. The lowest BCUT2D eigenvalue weighted by Gasteiger charge is -2.26. The first-order valence-corrected chi connectivity index (χ1v) is 7.22. The van der Waals surface area contributed by atoms with Gasteiger partial charge in [-0.25, -0.2) is 4.98 Å². The summed E-state index contributed by atoms with van der Waals surface area (Å²) in [5, 5.41) is 2.04. The lowest BCUT2D eigenvalue weighted by molar-refractivity contribution is 0.745. The van der Waals surface area contributed by atoms with Crippen molar-refractivity contribution in [2.24, 2.45) is 10.7 Å². The lowest BCUT2D eigenvalue weighted by Crippen LogP contribution is -2.36. The molecular formula is C12H11BrN4S. The summed E-state index contributed by atoms with van der Waals surface area (Å²) in [6.45, 7) is 0.650. The number of hydrogen-bond acceptors (Lipinski definition) is 5. The summed E-state index contributed by atoms with van der Waals surface area (Å²) < 4.78 is 1.00. The van der Waals surface area contributed by atoms with Crippen molar-refractivity contribution >= 4 is 38.9 Å².